The average Bonchev–Trinajstić information content (AvgIpc) is 1.83. The smallest absolute Gasteiger partial charge is 0.209 e. The van der Waals surface area contributed by atoms with E-state index in [1.54, 1.807) is 11.9 Å². The van der Waals surface area contributed by atoms with Gasteiger partial charge in [-0.25, -0.2) is 0 Å². The predicted octanol–water partition coefficient (Wildman–Crippen LogP) is 1.12. The molecule has 0 rings (SSSR count). The summed E-state index contributed by atoms with van der Waals surface area (Å²) in [6.07, 6.45) is 1.96. The summed E-state index contributed by atoms with van der Waals surface area (Å²) in [4.78, 5) is 11.7. The third kappa shape index (κ3) is 5.34. The van der Waals surface area contributed by atoms with E-state index in [9.17, 15) is 4.79 Å². The van der Waals surface area contributed by atoms with E-state index >= 15 is 0 Å². The van der Waals surface area contributed by atoms with Crippen molar-refractivity contribution in [2.45, 2.75) is 20.3 Å². The zero-order valence-electron chi connectivity index (χ0n) is 6.42. The summed E-state index contributed by atoms with van der Waals surface area (Å²) < 4.78 is 0. The first-order valence-corrected chi connectivity index (χ1v) is 3.32. The number of nitrogens with zero attached hydrogens (tertiary/aromatic N) is 1. The van der Waals surface area contributed by atoms with Gasteiger partial charge in [0, 0.05) is 13.6 Å². The van der Waals surface area contributed by atoms with E-state index in [0.717, 1.165) is 19.4 Å². The van der Waals surface area contributed by atoms with Crippen LogP contribution >= 0.6 is 0 Å². The average molecular weight is 129 g/mol. The molecule has 0 fully saturated rings. The molecule has 0 unspecified atom stereocenters. The van der Waals surface area contributed by atoms with E-state index in [1.807, 2.05) is 0 Å². The third-order valence-electron chi connectivity index (χ3n) is 1.24. The summed E-state index contributed by atoms with van der Waals surface area (Å²) in [7, 11) is 1.80. The number of hydrogen-bond acceptors (Lipinski definition) is 1. The fourth-order valence-corrected chi connectivity index (χ4v) is 0.515. The first-order valence-electron chi connectivity index (χ1n) is 3.32. The standard InChI is InChI=1S/C7H15NO/c1-7(2)4-5-8(3)6-9/h6-7H,4-5H2,1-3H3. The Morgan fingerprint density at radius 2 is 2.11 bits per heavy atom. The van der Waals surface area contributed by atoms with Crippen LogP contribution in [-0.2, 0) is 4.79 Å². The Morgan fingerprint density at radius 1 is 1.56 bits per heavy atom. The molecule has 0 radical (unpaired) electrons. The van der Waals surface area contributed by atoms with Gasteiger partial charge in [0.05, 0.1) is 0 Å². The van der Waals surface area contributed by atoms with E-state index in [-0.39, 0.29) is 0 Å². The Morgan fingerprint density at radius 3 is 2.44 bits per heavy atom. The first-order chi connectivity index (χ1) is 4.16. The van der Waals surface area contributed by atoms with Crippen molar-refractivity contribution in [1.29, 1.82) is 0 Å². The number of carbonyl (C=O) groups is 1. The van der Waals surface area contributed by atoms with Gasteiger partial charge < -0.3 is 4.90 Å². The summed E-state index contributed by atoms with van der Waals surface area (Å²) in [6.45, 7) is 5.18. The van der Waals surface area contributed by atoms with E-state index in [1.165, 1.54) is 0 Å². The van der Waals surface area contributed by atoms with Gasteiger partial charge >= 0.3 is 0 Å². The summed E-state index contributed by atoms with van der Waals surface area (Å²) >= 11 is 0. The maximum absolute atomic E-state index is 10.0. The van der Waals surface area contributed by atoms with Crippen molar-refractivity contribution in [3.63, 3.8) is 0 Å². The van der Waals surface area contributed by atoms with E-state index in [2.05, 4.69) is 13.8 Å². The molecule has 0 atom stereocenters. The minimum Gasteiger partial charge on any atom is -0.348 e. The molecule has 0 N–H and O–H groups in total. The molecule has 0 aromatic carbocycles. The molecule has 0 aromatic heterocycles. The van der Waals surface area contributed by atoms with Gasteiger partial charge in [0.1, 0.15) is 0 Å². The second kappa shape index (κ2) is 4.36. The highest BCUT2D eigenvalue weighted by atomic mass is 16.1. The van der Waals surface area contributed by atoms with Crippen molar-refractivity contribution >= 4 is 6.41 Å². The summed E-state index contributed by atoms with van der Waals surface area (Å²) in [5.41, 5.74) is 0. The minimum atomic E-state index is 0.687. The molecule has 2 heteroatoms. The van der Waals surface area contributed by atoms with Crippen LogP contribution in [0.2, 0.25) is 0 Å². The highest BCUT2D eigenvalue weighted by Crippen LogP contribution is 1.98. The molecule has 0 spiro atoms. The monoisotopic (exact) mass is 129 g/mol. The maximum atomic E-state index is 10.0. The lowest BCUT2D eigenvalue weighted by Crippen LogP contribution is -2.18. The third-order valence-corrected chi connectivity index (χ3v) is 1.24. The van der Waals surface area contributed by atoms with Crippen LogP contribution in [0.1, 0.15) is 20.3 Å². The zero-order chi connectivity index (χ0) is 7.28. The summed E-state index contributed by atoms with van der Waals surface area (Å²) in [5, 5.41) is 0. The topological polar surface area (TPSA) is 20.3 Å². The second-order valence-electron chi connectivity index (χ2n) is 2.77. The van der Waals surface area contributed by atoms with Crippen molar-refractivity contribution in [2.75, 3.05) is 13.6 Å². The largest absolute Gasteiger partial charge is 0.348 e. The molecule has 0 aliphatic rings. The molecular weight excluding hydrogens is 114 g/mol. The molecule has 0 aliphatic heterocycles. The Balaban J connectivity index is 3.16. The molecule has 0 saturated carbocycles. The molecular formula is C7H15NO. The summed E-state index contributed by atoms with van der Waals surface area (Å²) in [6, 6.07) is 0. The van der Waals surface area contributed by atoms with Crippen LogP contribution < -0.4 is 0 Å². The predicted molar refractivity (Wildman–Crippen MR) is 38.1 cm³/mol. The molecule has 2 nitrogen and oxygen atoms in total. The van der Waals surface area contributed by atoms with Crippen LogP contribution in [0.25, 0.3) is 0 Å². The summed E-state index contributed by atoms with van der Waals surface area (Å²) in [5.74, 6) is 0.687. The molecule has 0 saturated heterocycles. The highest BCUT2D eigenvalue weighted by molar-refractivity contribution is 5.46. The Bertz CT molecular complexity index is 81.0. The van der Waals surface area contributed by atoms with E-state index in [0.29, 0.717) is 5.92 Å². The van der Waals surface area contributed by atoms with E-state index in [4.69, 9.17) is 0 Å². The molecule has 0 aliphatic carbocycles. The molecule has 9 heavy (non-hydrogen) atoms. The van der Waals surface area contributed by atoms with Gasteiger partial charge in [-0.15, -0.1) is 0 Å². The van der Waals surface area contributed by atoms with Gasteiger partial charge in [-0.2, -0.15) is 0 Å². The van der Waals surface area contributed by atoms with Crippen LogP contribution in [0, 0.1) is 5.92 Å². The Labute approximate surface area is 56.9 Å². The lowest BCUT2D eigenvalue weighted by molar-refractivity contribution is -0.117. The van der Waals surface area contributed by atoms with Crippen LogP contribution in [0.4, 0.5) is 0 Å². The fourth-order valence-electron chi connectivity index (χ4n) is 0.515. The van der Waals surface area contributed by atoms with Crippen LogP contribution in [0.3, 0.4) is 0 Å². The van der Waals surface area contributed by atoms with Gasteiger partial charge in [-0.3, -0.25) is 4.79 Å². The quantitative estimate of drug-likeness (QED) is 0.521. The first kappa shape index (κ1) is 8.47. The van der Waals surface area contributed by atoms with Crippen molar-refractivity contribution in [3.05, 3.63) is 0 Å². The lowest BCUT2D eigenvalue weighted by atomic mass is 10.1. The van der Waals surface area contributed by atoms with Crippen LogP contribution in [-0.4, -0.2) is 24.9 Å². The Kier molecular flexibility index (Phi) is 4.10. The molecule has 1 amide bonds. The highest BCUT2D eigenvalue weighted by Gasteiger charge is 1.95. The van der Waals surface area contributed by atoms with Crippen molar-refractivity contribution in [3.8, 4) is 0 Å². The molecule has 0 aromatic rings. The van der Waals surface area contributed by atoms with Gasteiger partial charge in [0.15, 0.2) is 0 Å². The second-order valence-corrected chi connectivity index (χ2v) is 2.77. The maximum Gasteiger partial charge on any atom is 0.209 e. The zero-order valence-corrected chi connectivity index (χ0v) is 6.42. The number of rotatable bonds is 4. The minimum absolute atomic E-state index is 0.687. The van der Waals surface area contributed by atoms with Crippen LogP contribution in [0.15, 0.2) is 0 Å². The van der Waals surface area contributed by atoms with E-state index < -0.39 is 0 Å². The molecule has 0 bridgehead atoms. The van der Waals surface area contributed by atoms with Crippen molar-refractivity contribution in [2.24, 2.45) is 5.92 Å². The fraction of sp³-hybridized carbons (Fsp3) is 0.857. The molecule has 54 valence electrons. The SMILES string of the molecule is CC(C)CCN(C)C=O. The normalized spacial score (nSPS) is 9.78. The van der Waals surface area contributed by atoms with Gasteiger partial charge in [-0.1, -0.05) is 13.8 Å². The van der Waals surface area contributed by atoms with Gasteiger partial charge in [-0.05, 0) is 12.3 Å². The number of amides is 1. The van der Waals surface area contributed by atoms with Gasteiger partial charge in [0.2, 0.25) is 6.41 Å². The number of carbonyl (C=O) groups excluding carboxylic acids is 1. The van der Waals surface area contributed by atoms with Gasteiger partial charge in [0.25, 0.3) is 0 Å². The lowest BCUT2D eigenvalue weighted by Gasteiger charge is -2.11. The molecule has 0 heterocycles. The van der Waals surface area contributed by atoms with Crippen molar-refractivity contribution < 1.29 is 4.79 Å². The van der Waals surface area contributed by atoms with Crippen LogP contribution in [0.5, 0.6) is 0 Å². The van der Waals surface area contributed by atoms with Crippen molar-refractivity contribution in [1.82, 2.24) is 4.90 Å². The number of hydrogen-bond donors (Lipinski definition) is 0. The Hall–Kier alpha value is -0.530.